The lowest BCUT2D eigenvalue weighted by molar-refractivity contribution is -0.124. The number of amides is 1. The molecular weight excluding hydrogens is 238 g/mol. The maximum absolute atomic E-state index is 11.8. The van der Waals surface area contributed by atoms with Crippen LogP contribution in [-0.4, -0.2) is 26.0 Å². The normalized spacial score (nSPS) is 21.0. The van der Waals surface area contributed by atoms with E-state index in [9.17, 15) is 4.79 Å². The molecule has 1 aliphatic heterocycles. The Bertz CT molecular complexity index is 445. The fraction of sp³-hybridized carbons (Fsp3) is 0.533. The first kappa shape index (κ1) is 13.9. The molecule has 0 spiro atoms. The molecule has 1 fully saturated rings. The maximum Gasteiger partial charge on any atom is 0.224 e. The van der Waals surface area contributed by atoms with Gasteiger partial charge in [-0.05, 0) is 31.4 Å². The lowest BCUT2D eigenvalue weighted by Gasteiger charge is -2.35. The smallest absolute Gasteiger partial charge is 0.224 e. The van der Waals surface area contributed by atoms with E-state index < -0.39 is 0 Å². The summed E-state index contributed by atoms with van der Waals surface area (Å²) in [6.45, 7) is 3.78. The Morgan fingerprint density at radius 1 is 1.47 bits per heavy atom. The molecule has 0 saturated carbocycles. The second-order valence-corrected chi connectivity index (χ2v) is 5.25. The zero-order valence-electron chi connectivity index (χ0n) is 11.7. The first-order valence-electron chi connectivity index (χ1n) is 6.94. The lowest BCUT2D eigenvalue weighted by Crippen LogP contribution is -2.42. The Kier molecular flexibility index (Phi) is 4.43. The molecule has 104 valence electrons. The van der Waals surface area contributed by atoms with Crippen molar-refractivity contribution in [3.05, 3.63) is 29.8 Å². The van der Waals surface area contributed by atoms with E-state index in [-0.39, 0.29) is 17.9 Å². The van der Waals surface area contributed by atoms with Crippen LogP contribution in [0.5, 0.6) is 0 Å². The third-order valence-corrected chi connectivity index (χ3v) is 3.81. The van der Waals surface area contributed by atoms with Crippen molar-refractivity contribution in [1.29, 1.82) is 0 Å². The minimum absolute atomic E-state index is 0.0107. The SMILES string of the molecule is CNC(=O)C1CCCN(c2ccccc2C(C)N)C1. The van der Waals surface area contributed by atoms with Crippen LogP contribution in [0.2, 0.25) is 0 Å². The van der Waals surface area contributed by atoms with Gasteiger partial charge in [0.05, 0.1) is 5.92 Å². The van der Waals surface area contributed by atoms with Crippen molar-refractivity contribution in [3.8, 4) is 0 Å². The van der Waals surface area contributed by atoms with Crippen molar-refractivity contribution in [2.75, 3.05) is 25.0 Å². The summed E-state index contributed by atoms with van der Waals surface area (Å²) < 4.78 is 0. The summed E-state index contributed by atoms with van der Waals surface area (Å²) in [5, 5.41) is 2.75. The topological polar surface area (TPSA) is 58.4 Å². The molecule has 3 N–H and O–H groups in total. The van der Waals surface area contributed by atoms with Crippen LogP contribution < -0.4 is 16.0 Å². The van der Waals surface area contributed by atoms with E-state index in [1.54, 1.807) is 7.05 Å². The largest absolute Gasteiger partial charge is 0.370 e. The Balaban J connectivity index is 2.20. The first-order valence-corrected chi connectivity index (χ1v) is 6.94. The van der Waals surface area contributed by atoms with Crippen LogP contribution in [0, 0.1) is 5.92 Å². The predicted molar refractivity (Wildman–Crippen MR) is 78.0 cm³/mol. The number of benzene rings is 1. The molecule has 1 aromatic carbocycles. The zero-order valence-corrected chi connectivity index (χ0v) is 11.7. The van der Waals surface area contributed by atoms with Crippen molar-refractivity contribution in [2.45, 2.75) is 25.8 Å². The summed E-state index contributed by atoms with van der Waals surface area (Å²) in [5.74, 6) is 0.225. The molecule has 4 nitrogen and oxygen atoms in total. The maximum atomic E-state index is 11.8. The monoisotopic (exact) mass is 261 g/mol. The van der Waals surface area contributed by atoms with Gasteiger partial charge in [0, 0.05) is 31.9 Å². The van der Waals surface area contributed by atoms with Gasteiger partial charge in [-0.25, -0.2) is 0 Å². The molecule has 2 atom stereocenters. The molecule has 1 amide bonds. The van der Waals surface area contributed by atoms with Crippen LogP contribution in [0.1, 0.15) is 31.4 Å². The van der Waals surface area contributed by atoms with Gasteiger partial charge >= 0.3 is 0 Å². The van der Waals surface area contributed by atoms with Crippen LogP contribution in [0.3, 0.4) is 0 Å². The van der Waals surface area contributed by atoms with Gasteiger partial charge in [0.2, 0.25) is 5.91 Å². The molecule has 1 aliphatic rings. The summed E-state index contributed by atoms with van der Waals surface area (Å²) in [7, 11) is 1.71. The summed E-state index contributed by atoms with van der Waals surface area (Å²) in [6, 6.07) is 8.23. The van der Waals surface area contributed by atoms with Crippen LogP contribution >= 0.6 is 0 Å². The standard InChI is InChI=1S/C15H23N3O/c1-11(16)13-7-3-4-8-14(13)18-9-5-6-12(10-18)15(19)17-2/h3-4,7-8,11-12H,5-6,9-10,16H2,1-2H3,(H,17,19). The molecule has 19 heavy (non-hydrogen) atoms. The number of rotatable bonds is 3. The van der Waals surface area contributed by atoms with Crippen molar-refractivity contribution < 1.29 is 4.79 Å². The van der Waals surface area contributed by atoms with Gasteiger partial charge in [0.25, 0.3) is 0 Å². The fourth-order valence-corrected chi connectivity index (χ4v) is 2.77. The predicted octanol–water partition coefficient (Wildman–Crippen LogP) is 1.67. The summed E-state index contributed by atoms with van der Waals surface area (Å²) in [6.07, 6.45) is 2.02. The molecule has 1 saturated heterocycles. The minimum Gasteiger partial charge on any atom is -0.370 e. The number of hydrogen-bond acceptors (Lipinski definition) is 3. The van der Waals surface area contributed by atoms with E-state index in [1.165, 1.54) is 5.69 Å². The number of nitrogens with zero attached hydrogens (tertiary/aromatic N) is 1. The Labute approximate surface area is 115 Å². The second-order valence-electron chi connectivity index (χ2n) is 5.25. The van der Waals surface area contributed by atoms with Gasteiger partial charge in [-0.2, -0.15) is 0 Å². The summed E-state index contributed by atoms with van der Waals surface area (Å²) in [5.41, 5.74) is 8.36. The van der Waals surface area contributed by atoms with E-state index >= 15 is 0 Å². The Hall–Kier alpha value is -1.55. The average molecular weight is 261 g/mol. The Morgan fingerprint density at radius 2 is 2.21 bits per heavy atom. The molecule has 0 bridgehead atoms. The lowest BCUT2D eigenvalue weighted by atomic mass is 9.95. The number of carbonyl (C=O) groups is 1. The third kappa shape index (κ3) is 3.07. The highest BCUT2D eigenvalue weighted by atomic mass is 16.1. The number of piperidine rings is 1. The molecule has 0 radical (unpaired) electrons. The second kappa shape index (κ2) is 6.06. The number of nitrogens with two attached hydrogens (primary N) is 1. The minimum atomic E-state index is 0.0107. The molecule has 0 aliphatic carbocycles. The summed E-state index contributed by atoms with van der Waals surface area (Å²) >= 11 is 0. The van der Waals surface area contributed by atoms with Crippen molar-refractivity contribution in [1.82, 2.24) is 5.32 Å². The fourth-order valence-electron chi connectivity index (χ4n) is 2.77. The average Bonchev–Trinajstić information content (AvgIpc) is 2.46. The molecule has 2 unspecified atom stereocenters. The highest BCUT2D eigenvalue weighted by Crippen LogP contribution is 2.29. The molecule has 1 aromatic rings. The summed E-state index contributed by atoms with van der Waals surface area (Å²) in [4.78, 5) is 14.1. The highest BCUT2D eigenvalue weighted by molar-refractivity contribution is 5.79. The van der Waals surface area contributed by atoms with E-state index in [0.29, 0.717) is 0 Å². The van der Waals surface area contributed by atoms with Crippen LogP contribution in [0.4, 0.5) is 5.69 Å². The molecular formula is C15H23N3O. The van der Waals surface area contributed by atoms with Gasteiger partial charge in [-0.3, -0.25) is 4.79 Å². The van der Waals surface area contributed by atoms with Crippen LogP contribution in [0.25, 0.3) is 0 Å². The van der Waals surface area contributed by atoms with Gasteiger partial charge in [0.1, 0.15) is 0 Å². The molecule has 1 heterocycles. The van der Waals surface area contributed by atoms with Gasteiger partial charge in [-0.15, -0.1) is 0 Å². The highest BCUT2D eigenvalue weighted by Gasteiger charge is 2.26. The number of carbonyl (C=O) groups excluding carboxylic acids is 1. The van der Waals surface area contributed by atoms with Gasteiger partial charge in [-0.1, -0.05) is 18.2 Å². The van der Waals surface area contributed by atoms with E-state index in [0.717, 1.165) is 31.5 Å². The van der Waals surface area contributed by atoms with Crippen molar-refractivity contribution in [2.24, 2.45) is 11.7 Å². The van der Waals surface area contributed by atoms with E-state index in [4.69, 9.17) is 5.73 Å². The molecule has 2 rings (SSSR count). The van der Waals surface area contributed by atoms with Crippen LogP contribution in [-0.2, 0) is 4.79 Å². The van der Waals surface area contributed by atoms with E-state index in [1.807, 2.05) is 19.1 Å². The number of anilines is 1. The Morgan fingerprint density at radius 3 is 2.89 bits per heavy atom. The number of nitrogens with one attached hydrogen (secondary N) is 1. The first-order chi connectivity index (χ1) is 9.13. The number of hydrogen-bond donors (Lipinski definition) is 2. The molecule has 4 heteroatoms. The van der Waals surface area contributed by atoms with E-state index in [2.05, 4.69) is 22.3 Å². The van der Waals surface area contributed by atoms with Crippen LogP contribution in [0.15, 0.2) is 24.3 Å². The molecule has 0 aromatic heterocycles. The van der Waals surface area contributed by atoms with Crippen molar-refractivity contribution in [3.63, 3.8) is 0 Å². The van der Waals surface area contributed by atoms with Crippen molar-refractivity contribution >= 4 is 11.6 Å². The van der Waals surface area contributed by atoms with Gasteiger partial charge < -0.3 is 16.0 Å². The number of para-hydroxylation sites is 1. The third-order valence-electron chi connectivity index (χ3n) is 3.81. The van der Waals surface area contributed by atoms with Gasteiger partial charge in [0.15, 0.2) is 0 Å². The zero-order chi connectivity index (χ0) is 13.8. The quantitative estimate of drug-likeness (QED) is 0.870.